The van der Waals surface area contributed by atoms with E-state index in [0.717, 1.165) is 38.8 Å². The van der Waals surface area contributed by atoms with Crippen molar-refractivity contribution in [2.75, 3.05) is 13.1 Å². The zero-order valence-electron chi connectivity index (χ0n) is 14.4. The van der Waals surface area contributed by atoms with Gasteiger partial charge in [0.2, 0.25) is 0 Å². The molecule has 1 aliphatic heterocycles. The number of nitrogens with one attached hydrogen (secondary N) is 1. The molecule has 0 aliphatic carbocycles. The quantitative estimate of drug-likeness (QED) is 0.313. The number of carbonyl (C=O) groups is 1. The molecule has 1 rings (SSSR count). The standard InChI is InChI=1S/C17H33N3O2/c1-5-6-7-8-9-10-15(19-18)14-11-12-20(13-14)16(21)22-17(2,3)4/h5,14-15,19H,1,6-13,18H2,2-4H3. The number of carbonyl (C=O) groups excluding carboxylic acids is 1. The number of allylic oxidation sites excluding steroid dienone is 1. The Morgan fingerprint density at radius 2 is 2.18 bits per heavy atom. The van der Waals surface area contributed by atoms with Crippen molar-refractivity contribution in [3.8, 4) is 0 Å². The van der Waals surface area contributed by atoms with E-state index < -0.39 is 5.60 Å². The van der Waals surface area contributed by atoms with Crippen molar-refractivity contribution in [1.29, 1.82) is 0 Å². The van der Waals surface area contributed by atoms with Crippen LogP contribution in [0.15, 0.2) is 12.7 Å². The molecule has 0 radical (unpaired) electrons. The summed E-state index contributed by atoms with van der Waals surface area (Å²) in [5, 5.41) is 0. The van der Waals surface area contributed by atoms with E-state index >= 15 is 0 Å². The van der Waals surface area contributed by atoms with Crippen LogP contribution < -0.4 is 11.3 Å². The van der Waals surface area contributed by atoms with E-state index in [1.54, 1.807) is 4.90 Å². The van der Waals surface area contributed by atoms with Gasteiger partial charge in [-0.15, -0.1) is 6.58 Å². The van der Waals surface area contributed by atoms with Gasteiger partial charge in [-0.1, -0.05) is 18.9 Å². The summed E-state index contributed by atoms with van der Waals surface area (Å²) in [6, 6.07) is 0.274. The first-order valence-corrected chi connectivity index (χ1v) is 8.42. The highest BCUT2D eigenvalue weighted by Crippen LogP contribution is 2.24. The van der Waals surface area contributed by atoms with Crippen molar-refractivity contribution < 1.29 is 9.53 Å². The fourth-order valence-electron chi connectivity index (χ4n) is 2.89. The number of nitrogens with zero attached hydrogens (tertiary/aromatic N) is 1. The van der Waals surface area contributed by atoms with Crippen LogP contribution in [0.5, 0.6) is 0 Å². The molecule has 1 heterocycles. The van der Waals surface area contributed by atoms with Crippen molar-refractivity contribution in [2.45, 2.75) is 70.9 Å². The Hall–Kier alpha value is -1.07. The van der Waals surface area contributed by atoms with E-state index in [4.69, 9.17) is 10.6 Å². The Bertz CT molecular complexity index is 352. The number of amides is 1. The van der Waals surface area contributed by atoms with Gasteiger partial charge in [0.05, 0.1) is 0 Å². The van der Waals surface area contributed by atoms with Crippen LogP contribution in [0.1, 0.15) is 59.3 Å². The van der Waals surface area contributed by atoms with E-state index in [1.165, 1.54) is 12.8 Å². The van der Waals surface area contributed by atoms with Crippen LogP contribution in [-0.2, 0) is 4.74 Å². The zero-order chi connectivity index (χ0) is 16.6. The molecule has 1 saturated heterocycles. The largest absolute Gasteiger partial charge is 0.444 e. The summed E-state index contributed by atoms with van der Waals surface area (Å²) >= 11 is 0. The van der Waals surface area contributed by atoms with Crippen LogP contribution in [-0.4, -0.2) is 35.7 Å². The van der Waals surface area contributed by atoms with Crippen LogP contribution in [0, 0.1) is 5.92 Å². The lowest BCUT2D eigenvalue weighted by atomic mass is 9.94. The Morgan fingerprint density at radius 3 is 2.77 bits per heavy atom. The molecule has 0 spiro atoms. The first-order valence-electron chi connectivity index (χ1n) is 8.42. The van der Waals surface area contributed by atoms with E-state index in [1.807, 2.05) is 26.8 Å². The molecule has 3 N–H and O–H groups in total. The van der Waals surface area contributed by atoms with Gasteiger partial charge in [0.25, 0.3) is 0 Å². The smallest absolute Gasteiger partial charge is 0.410 e. The topological polar surface area (TPSA) is 67.6 Å². The monoisotopic (exact) mass is 311 g/mol. The maximum Gasteiger partial charge on any atom is 0.410 e. The van der Waals surface area contributed by atoms with Gasteiger partial charge in [0, 0.05) is 19.1 Å². The molecule has 128 valence electrons. The molecule has 5 heteroatoms. The molecule has 0 aromatic heterocycles. The third-order valence-electron chi connectivity index (χ3n) is 4.08. The maximum atomic E-state index is 12.1. The van der Waals surface area contributed by atoms with Crippen LogP contribution in [0.25, 0.3) is 0 Å². The normalized spacial score (nSPS) is 20.0. The van der Waals surface area contributed by atoms with Gasteiger partial charge < -0.3 is 9.64 Å². The average molecular weight is 311 g/mol. The lowest BCUT2D eigenvalue weighted by molar-refractivity contribution is 0.0285. The second-order valence-electron chi connectivity index (χ2n) is 7.17. The fourth-order valence-corrected chi connectivity index (χ4v) is 2.89. The first-order chi connectivity index (χ1) is 10.4. The van der Waals surface area contributed by atoms with E-state index in [2.05, 4.69) is 12.0 Å². The van der Waals surface area contributed by atoms with Crippen molar-refractivity contribution in [1.82, 2.24) is 10.3 Å². The number of likely N-dealkylation sites (tertiary alicyclic amines) is 1. The van der Waals surface area contributed by atoms with Gasteiger partial charge in [-0.05, 0) is 52.4 Å². The van der Waals surface area contributed by atoms with Gasteiger partial charge in [-0.3, -0.25) is 11.3 Å². The molecule has 0 bridgehead atoms. The summed E-state index contributed by atoms with van der Waals surface area (Å²) in [6.45, 7) is 10.9. The predicted molar refractivity (Wildman–Crippen MR) is 90.3 cm³/mol. The number of hydrogen-bond acceptors (Lipinski definition) is 4. The van der Waals surface area contributed by atoms with Gasteiger partial charge in [0.15, 0.2) is 0 Å². The number of unbranched alkanes of at least 4 members (excludes halogenated alkanes) is 3. The Labute approximate surface area is 135 Å². The van der Waals surface area contributed by atoms with E-state index in [0.29, 0.717) is 5.92 Å². The van der Waals surface area contributed by atoms with Gasteiger partial charge >= 0.3 is 6.09 Å². The highest BCUT2D eigenvalue weighted by molar-refractivity contribution is 5.68. The highest BCUT2D eigenvalue weighted by Gasteiger charge is 2.33. The highest BCUT2D eigenvalue weighted by atomic mass is 16.6. The van der Waals surface area contributed by atoms with E-state index in [9.17, 15) is 4.79 Å². The van der Waals surface area contributed by atoms with Crippen molar-refractivity contribution in [2.24, 2.45) is 11.8 Å². The Morgan fingerprint density at radius 1 is 1.45 bits per heavy atom. The molecule has 5 nitrogen and oxygen atoms in total. The number of hydrazine groups is 1. The van der Waals surface area contributed by atoms with Gasteiger partial charge in [-0.2, -0.15) is 0 Å². The van der Waals surface area contributed by atoms with Crippen LogP contribution in [0.3, 0.4) is 0 Å². The zero-order valence-corrected chi connectivity index (χ0v) is 14.4. The van der Waals surface area contributed by atoms with Crippen molar-refractivity contribution >= 4 is 6.09 Å². The minimum Gasteiger partial charge on any atom is -0.444 e. The second-order valence-corrected chi connectivity index (χ2v) is 7.17. The summed E-state index contributed by atoms with van der Waals surface area (Å²) in [7, 11) is 0. The van der Waals surface area contributed by atoms with Crippen LogP contribution in [0.4, 0.5) is 4.79 Å². The first kappa shape index (κ1) is 19.0. The number of hydrogen-bond donors (Lipinski definition) is 2. The summed E-state index contributed by atoms with van der Waals surface area (Å²) in [4.78, 5) is 13.9. The van der Waals surface area contributed by atoms with Crippen LogP contribution in [0.2, 0.25) is 0 Å². The molecule has 1 fully saturated rings. The lowest BCUT2D eigenvalue weighted by Crippen LogP contribution is -2.43. The van der Waals surface area contributed by atoms with Gasteiger partial charge in [0.1, 0.15) is 5.60 Å². The van der Waals surface area contributed by atoms with E-state index in [-0.39, 0.29) is 12.1 Å². The number of rotatable bonds is 8. The molecule has 0 saturated carbocycles. The third-order valence-corrected chi connectivity index (χ3v) is 4.08. The van der Waals surface area contributed by atoms with Crippen LogP contribution >= 0.6 is 0 Å². The second kappa shape index (κ2) is 9.16. The maximum absolute atomic E-state index is 12.1. The minimum atomic E-state index is -0.439. The molecule has 0 aromatic carbocycles. The third kappa shape index (κ3) is 6.79. The molecular formula is C17H33N3O2. The summed E-state index contributed by atoms with van der Waals surface area (Å²) < 4.78 is 5.43. The molecule has 1 amide bonds. The Balaban J connectivity index is 2.35. The summed E-state index contributed by atoms with van der Waals surface area (Å²) in [5.41, 5.74) is 2.51. The fraction of sp³-hybridized carbons (Fsp3) is 0.824. The molecule has 2 atom stereocenters. The number of nitrogens with two attached hydrogens (primary N) is 1. The van der Waals surface area contributed by atoms with Gasteiger partial charge in [-0.25, -0.2) is 4.79 Å². The average Bonchev–Trinajstić information content (AvgIpc) is 2.91. The summed E-state index contributed by atoms with van der Waals surface area (Å²) in [6.07, 6.45) is 8.43. The Kier molecular flexibility index (Phi) is 7.90. The number of ether oxygens (including phenoxy) is 1. The minimum absolute atomic E-state index is 0.211. The lowest BCUT2D eigenvalue weighted by Gasteiger charge is -2.26. The molecular weight excluding hydrogens is 278 g/mol. The molecule has 1 aliphatic rings. The van der Waals surface area contributed by atoms with Crippen molar-refractivity contribution in [3.05, 3.63) is 12.7 Å². The molecule has 22 heavy (non-hydrogen) atoms. The SMILES string of the molecule is C=CCCCCCC(NN)C1CCN(C(=O)OC(C)(C)C)C1. The molecule has 2 unspecified atom stereocenters. The van der Waals surface area contributed by atoms with Crippen molar-refractivity contribution in [3.63, 3.8) is 0 Å². The molecule has 0 aromatic rings. The predicted octanol–water partition coefficient (Wildman–Crippen LogP) is 3.21. The summed E-state index contributed by atoms with van der Waals surface area (Å²) in [5.74, 6) is 6.13.